The van der Waals surface area contributed by atoms with Gasteiger partial charge in [-0.25, -0.2) is 18.2 Å². The molecule has 2 aromatic carbocycles. The fraction of sp³-hybridized carbons (Fsp3) is 0.375. The molecule has 1 fully saturated rings. The Labute approximate surface area is 197 Å². The summed E-state index contributed by atoms with van der Waals surface area (Å²) in [5.41, 5.74) is 0.124. The van der Waals surface area contributed by atoms with E-state index in [2.05, 4.69) is 4.99 Å². The zero-order chi connectivity index (χ0) is 24.3. The van der Waals surface area contributed by atoms with Crippen molar-refractivity contribution in [2.75, 3.05) is 33.9 Å². The number of amides is 1. The molecule has 180 valence electrons. The minimum absolute atomic E-state index is 0.0567. The summed E-state index contributed by atoms with van der Waals surface area (Å²) in [6.45, 7) is 0.561. The highest BCUT2D eigenvalue weighted by molar-refractivity contribution is 7.89. The minimum atomic E-state index is -4.05. The third kappa shape index (κ3) is 5.03. The number of sulfonamides is 1. The average molecular weight is 487 g/mol. The number of fused-ring (bicyclic) bond motifs is 1. The van der Waals surface area contributed by atoms with Gasteiger partial charge in [0, 0.05) is 25.8 Å². The molecule has 9 nitrogen and oxygen atoms in total. The lowest BCUT2D eigenvalue weighted by atomic mass is 10.0. The Kier molecular flexibility index (Phi) is 7.11. The number of hydrogen-bond donors (Lipinski definition) is 0. The molecule has 0 N–H and O–H groups in total. The molecule has 1 saturated heterocycles. The summed E-state index contributed by atoms with van der Waals surface area (Å²) < 4.78 is 44.1. The van der Waals surface area contributed by atoms with Gasteiger partial charge >= 0.3 is 5.97 Å². The van der Waals surface area contributed by atoms with Crippen LogP contribution in [0.2, 0.25) is 0 Å². The van der Waals surface area contributed by atoms with E-state index in [-0.39, 0.29) is 29.7 Å². The van der Waals surface area contributed by atoms with Gasteiger partial charge in [-0.1, -0.05) is 12.1 Å². The van der Waals surface area contributed by atoms with Gasteiger partial charge in [0.05, 0.1) is 42.1 Å². The van der Waals surface area contributed by atoms with Gasteiger partial charge in [0.15, 0.2) is 0 Å². The zero-order valence-corrected chi connectivity index (χ0v) is 19.8. The highest BCUT2D eigenvalue weighted by Gasteiger charge is 2.33. The van der Waals surface area contributed by atoms with Crippen LogP contribution in [0, 0.1) is 5.92 Å². The molecular formula is C24H26N2O7S. The molecule has 4 rings (SSSR count). The summed E-state index contributed by atoms with van der Waals surface area (Å²) in [6, 6.07) is 10.9. The molecule has 2 aliphatic heterocycles. The summed E-state index contributed by atoms with van der Waals surface area (Å²) in [6.07, 6.45) is 3.03. The maximum Gasteiger partial charge on any atom is 0.337 e. The molecule has 0 spiro atoms. The highest BCUT2D eigenvalue weighted by atomic mass is 32.2. The van der Waals surface area contributed by atoms with Crippen molar-refractivity contribution in [3.05, 3.63) is 58.6 Å². The van der Waals surface area contributed by atoms with Gasteiger partial charge in [0.1, 0.15) is 5.75 Å². The molecule has 2 atom stereocenters. The molecule has 0 bridgehead atoms. The lowest BCUT2D eigenvalue weighted by Crippen LogP contribution is -2.44. The Morgan fingerprint density at radius 2 is 2.00 bits per heavy atom. The first kappa shape index (κ1) is 24.1. The quantitative estimate of drug-likeness (QED) is 0.510. The van der Waals surface area contributed by atoms with Gasteiger partial charge in [-0.15, -0.1) is 0 Å². The van der Waals surface area contributed by atoms with E-state index in [1.807, 2.05) is 0 Å². The smallest absolute Gasteiger partial charge is 0.337 e. The number of esters is 1. The van der Waals surface area contributed by atoms with E-state index in [9.17, 15) is 18.0 Å². The van der Waals surface area contributed by atoms with E-state index >= 15 is 0 Å². The molecule has 0 aliphatic carbocycles. The summed E-state index contributed by atoms with van der Waals surface area (Å²) in [5, 5.41) is 1.22. The lowest BCUT2D eigenvalue weighted by Gasteiger charge is -2.27. The Morgan fingerprint density at radius 1 is 1.18 bits per heavy atom. The molecule has 2 aromatic rings. The van der Waals surface area contributed by atoms with E-state index in [0.29, 0.717) is 17.7 Å². The second-order valence-electron chi connectivity index (χ2n) is 8.12. The van der Waals surface area contributed by atoms with Crippen molar-refractivity contribution in [3.8, 4) is 5.75 Å². The second-order valence-corrected chi connectivity index (χ2v) is 10.1. The standard InChI is InChI=1S/C24H26N2O7S/c1-31-19-9-8-16-11-18(23(27)25-22(16)13-19)14-26(15-20-6-4-10-33-20)34(29,30)21-7-3-5-17(12-21)24(28)32-2/h3,5,7-9,11-13,18,20H,4,6,10,14-15H2,1-2H3. The number of rotatable bonds is 8. The van der Waals surface area contributed by atoms with Gasteiger partial charge in [-0.2, -0.15) is 4.31 Å². The molecule has 34 heavy (non-hydrogen) atoms. The van der Waals surface area contributed by atoms with E-state index in [0.717, 1.165) is 18.1 Å². The molecule has 0 radical (unpaired) electrons. The summed E-state index contributed by atoms with van der Waals surface area (Å²) >= 11 is 0. The van der Waals surface area contributed by atoms with Gasteiger partial charge in [0.25, 0.3) is 5.91 Å². The Hall–Kier alpha value is -3.08. The second kappa shape index (κ2) is 10.0. The van der Waals surface area contributed by atoms with E-state index < -0.39 is 27.8 Å². The number of carbonyl (C=O) groups excluding carboxylic acids is 2. The molecule has 10 heteroatoms. The highest BCUT2D eigenvalue weighted by Crippen LogP contribution is 2.23. The lowest BCUT2D eigenvalue weighted by molar-refractivity contribution is -0.120. The third-order valence-electron chi connectivity index (χ3n) is 5.89. The van der Waals surface area contributed by atoms with Crippen LogP contribution in [-0.4, -0.2) is 64.6 Å². The first-order chi connectivity index (χ1) is 16.3. The van der Waals surface area contributed by atoms with Crippen LogP contribution in [0.3, 0.4) is 0 Å². The average Bonchev–Trinajstić information content (AvgIpc) is 3.36. The van der Waals surface area contributed by atoms with Crippen molar-refractivity contribution in [3.63, 3.8) is 0 Å². The predicted octanol–water partition coefficient (Wildman–Crippen LogP) is 0.908. The Balaban J connectivity index is 1.68. The van der Waals surface area contributed by atoms with Crippen molar-refractivity contribution < 1.29 is 32.2 Å². The summed E-state index contributed by atoms with van der Waals surface area (Å²) in [4.78, 5) is 28.9. The maximum absolute atomic E-state index is 13.6. The normalized spacial score (nSPS) is 19.8. The van der Waals surface area contributed by atoms with Crippen LogP contribution in [0.1, 0.15) is 23.2 Å². The third-order valence-corrected chi connectivity index (χ3v) is 7.72. The molecule has 2 unspecified atom stereocenters. The fourth-order valence-electron chi connectivity index (χ4n) is 4.06. The first-order valence-electron chi connectivity index (χ1n) is 10.9. The van der Waals surface area contributed by atoms with Crippen molar-refractivity contribution in [2.24, 2.45) is 10.9 Å². The largest absolute Gasteiger partial charge is 0.497 e. The van der Waals surface area contributed by atoms with Gasteiger partial charge < -0.3 is 14.2 Å². The topological polar surface area (TPSA) is 112 Å². The summed E-state index contributed by atoms with van der Waals surface area (Å²) in [7, 11) is -1.29. The van der Waals surface area contributed by atoms with Crippen molar-refractivity contribution in [2.45, 2.75) is 23.8 Å². The molecule has 2 heterocycles. The van der Waals surface area contributed by atoms with E-state index in [4.69, 9.17) is 14.2 Å². The number of methoxy groups -OCH3 is 2. The zero-order valence-electron chi connectivity index (χ0n) is 19.0. The van der Waals surface area contributed by atoms with Crippen molar-refractivity contribution >= 4 is 28.0 Å². The van der Waals surface area contributed by atoms with Crippen LogP contribution in [0.15, 0.2) is 52.4 Å². The van der Waals surface area contributed by atoms with Gasteiger partial charge in [-0.3, -0.25) is 4.79 Å². The Morgan fingerprint density at radius 3 is 2.71 bits per heavy atom. The van der Waals surface area contributed by atoms with E-state index in [1.54, 1.807) is 24.3 Å². The molecule has 2 aliphatic rings. The van der Waals surface area contributed by atoms with E-state index in [1.165, 1.54) is 42.8 Å². The Bertz CT molecular complexity index is 1320. The van der Waals surface area contributed by atoms with Gasteiger partial charge in [0.2, 0.25) is 10.0 Å². The maximum atomic E-state index is 13.6. The molecule has 0 saturated carbocycles. The van der Waals surface area contributed by atoms with Crippen molar-refractivity contribution in [1.82, 2.24) is 4.31 Å². The number of carbonyl (C=O) groups is 2. The first-order valence-corrected chi connectivity index (χ1v) is 12.3. The van der Waals surface area contributed by atoms with Crippen LogP contribution >= 0.6 is 0 Å². The molecular weight excluding hydrogens is 460 g/mol. The van der Waals surface area contributed by atoms with Crippen LogP contribution in [0.4, 0.5) is 0 Å². The predicted molar refractivity (Wildman–Crippen MR) is 122 cm³/mol. The molecule has 0 aromatic heterocycles. The van der Waals surface area contributed by atoms with Crippen LogP contribution in [0.25, 0.3) is 6.08 Å². The van der Waals surface area contributed by atoms with Crippen LogP contribution < -0.4 is 15.3 Å². The number of hydrogen-bond acceptors (Lipinski definition) is 7. The number of nitrogens with zero attached hydrogens (tertiary/aromatic N) is 2. The van der Waals surface area contributed by atoms with Crippen LogP contribution in [-0.2, 0) is 24.3 Å². The SMILES string of the molecule is COC(=O)c1cccc(S(=O)(=O)N(CC2CCCO2)CC2C=c3ccc(OC)cc3=NC2=O)c1. The van der Waals surface area contributed by atoms with Crippen LogP contribution in [0.5, 0.6) is 5.75 Å². The number of benzene rings is 2. The van der Waals surface area contributed by atoms with Gasteiger partial charge in [-0.05, 0) is 48.4 Å². The molecule has 1 amide bonds. The number of ether oxygens (including phenoxy) is 3. The monoisotopic (exact) mass is 486 g/mol. The van der Waals surface area contributed by atoms with Crippen molar-refractivity contribution in [1.29, 1.82) is 0 Å². The minimum Gasteiger partial charge on any atom is -0.497 e. The summed E-state index contributed by atoms with van der Waals surface area (Å²) in [5.74, 6) is -1.25. The fourth-order valence-corrected chi connectivity index (χ4v) is 5.61.